The van der Waals surface area contributed by atoms with Crippen molar-refractivity contribution < 1.29 is 46.8 Å². The van der Waals surface area contributed by atoms with Gasteiger partial charge in [0.1, 0.15) is 0 Å². The Morgan fingerprint density at radius 1 is 0.867 bits per heavy atom. The molecule has 0 bridgehead atoms. The fourth-order valence-corrected chi connectivity index (χ4v) is 0.454. The number of rotatable bonds is 7. The van der Waals surface area contributed by atoms with Crippen LogP contribution in [-0.2, 0) is 36.3 Å². The van der Waals surface area contributed by atoms with Gasteiger partial charge in [-0.2, -0.15) is 9.78 Å². The molecule has 0 aromatic heterocycles. The minimum atomic E-state index is -1.27. The second-order valence-corrected chi connectivity index (χ2v) is 3.32. The van der Waals surface area contributed by atoms with Crippen LogP contribution in [0.4, 0.5) is 0 Å². The summed E-state index contributed by atoms with van der Waals surface area (Å²) in [5, 5.41) is 17.0. The van der Waals surface area contributed by atoms with Crippen LogP contribution >= 0.6 is 0 Å². The van der Waals surface area contributed by atoms with Crippen molar-refractivity contribution in [1.29, 1.82) is 0 Å². The molecule has 0 spiro atoms. The van der Waals surface area contributed by atoms with Gasteiger partial charge in [-0.15, -0.1) is 0 Å². The Kier molecular flexibility index (Phi) is 8.86. The van der Waals surface area contributed by atoms with Crippen LogP contribution in [0.5, 0.6) is 0 Å². The summed E-state index contributed by atoms with van der Waals surface area (Å²) < 4.78 is 0. The molecule has 0 rings (SSSR count). The smallest absolute Gasteiger partial charge is 0.230 e. The first-order valence-corrected chi connectivity index (χ1v) is 4.47. The van der Waals surface area contributed by atoms with Crippen molar-refractivity contribution in [3.63, 3.8) is 0 Å². The average molecular weight is 269 g/mol. The third kappa shape index (κ3) is 5.78. The van der Waals surface area contributed by atoms with Gasteiger partial charge < -0.3 is 0 Å². The van der Waals surface area contributed by atoms with Crippen LogP contribution < -0.4 is 0 Å². The monoisotopic (exact) mass is 269 g/mol. The predicted molar refractivity (Wildman–Crippen MR) is 47.0 cm³/mol. The quantitative estimate of drug-likeness (QED) is 0.419. The van der Waals surface area contributed by atoms with Gasteiger partial charge in [0.15, 0.2) is 0 Å². The number of hydrogen-bond acceptors (Lipinski definition) is 6. The van der Waals surface area contributed by atoms with E-state index in [1.165, 1.54) is 13.8 Å². The van der Waals surface area contributed by atoms with Crippen LogP contribution in [-0.4, -0.2) is 22.1 Å². The van der Waals surface area contributed by atoms with Crippen LogP contribution in [0.25, 0.3) is 0 Å². The van der Waals surface area contributed by atoms with Crippen molar-refractivity contribution in [3.05, 3.63) is 0 Å². The maximum atomic E-state index is 8.52. The normalized spacial score (nSPS) is 18.8. The Bertz CT molecular complexity index is 139. The van der Waals surface area contributed by atoms with Crippen LogP contribution in [0.3, 0.4) is 0 Å². The topological polar surface area (TPSA) is 77.4 Å². The summed E-state index contributed by atoms with van der Waals surface area (Å²) in [4.78, 5) is 17.8. The molecule has 0 fully saturated rings. The van der Waals surface area contributed by atoms with E-state index in [-0.39, 0.29) is 16.8 Å². The molecule has 0 aliphatic rings. The largest absolute Gasteiger partial charge is 0.249 e. The fourth-order valence-electron chi connectivity index (χ4n) is 0.454. The van der Waals surface area contributed by atoms with Crippen LogP contribution in [0.2, 0.25) is 0 Å². The molecule has 0 heterocycles. The summed E-state index contributed by atoms with van der Waals surface area (Å²) in [6.07, 6.45) is 0.740. The predicted octanol–water partition coefficient (Wildman–Crippen LogP) is 2.16. The van der Waals surface area contributed by atoms with Crippen molar-refractivity contribution >= 4 is 0 Å². The zero-order valence-corrected chi connectivity index (χ0v) is 10.3. The van der Waals surface area contributed by atoms with Crippen LogP contribution in [0.1, 0.15) is 40.5 Å². The zero-order valence-electron chi connectivity index (χ0n) is 9.27. The van der Waals surface area contributed by atoms with E-state index in [0.717, 1.165) is 0 Å². The molecule has 0 aliphatic carbocycles. The van der Waals surface area contributed by atoms with E-state index in [9.17, 15) is 0 Å². The van der Waals surface area contributed by atoms with Gasteiger partial charge in [0.2, 0.25) is 11.6 Å². The molecule has 0 amide bonds. The third-order valence-corrected chi connectivity index (χ3v) is 2.06. The van der Waals surface area contributed by atoms with Gasteiger partial charge in [-0.25, -0.2) is 20.3 Å². The Labute approximate surface area is 99.4 Å². The van der Waals surface area contributed by atoms with E-state index in [1.807, 2.05) is 0 Å². The molecular weight excluding hydrogens is 251 g/mol. The second-order valence-electron chi connectivity index (χ2n) is 3.32. The maximum absolute atomic E-state index is 8.52. The van der Waals surface area contributed by atoms with Gasteiger partial charge in [-0.3, -0.25) is 0 Å². The molecule has 0 saturated heterocycles. The minimum Gasteiger partial charge on any atom is -0.249 e. The van der Waals surface area contributed by atoms with Crippen molar-refractivity contribution in [1.82, 2.24) is 0 Å². The van der Waals surface area contributed by atoms with E-state index in [1.54, 1.807) is 13.8 Å². The maximum Gasteiger partial charge on any atom is 0.230 e. The van der Waals surface area contributed by atoms with Crippen LogP contribution in [0.15, 0.2) is 0 Å². The van der Waals surface area contributed by atoms with E-state index in [2.05, 4.69) is 9.78 Å². The van der Waals surface area contributed by atoms with E-state index in [4.69, 9.17) is 20.3 Å². The fraction of sp³-hybridized carbons (Fsp3) is 1.00. The van der Waals surface area contributed by atoms with E-state index < -0.39 is 11.6 Å². The summed E-state index contributed by atoms with van der Waals surface area (Å²) >= 11 is 0. The molecular formula is C8H18CoO6. The molecule has 6 nitrogen and oxygen atoms in total. The Balaban J connectivity index is 0. The first-order valence-electron chi connectivity index (χ1n) is 4.47. The summed E-state index contributed by atoms with van der Waals surface area (Å²) in [7, 11) is 0. The van der Waals surface area contributed by atoms with Gasteiger partial charge in [0.25, 0.3) is 0 Å². The van der Waals surface area contributed by atoms with Crippen molar-refractivity contribution in [2.24, 2.45) is 0 Å². The summed E-state index contributed by atoms with van der Waals surface area (Å²) in [6, 6.07) is 0. The summed E-state index contributed by atoms with van der Waals surface area (Å²) in [5.74, 6) is -2.54. The van der Waals surface area contributed by atoms with Gasteiger partial charge in [-0.05, 0) is 13.8 Å². The second kappa shape index (κ2) is 7.53. The molecule has 7 heteroatoms. The standard InChI is InChI=1S/C8H18O6.Co/c1-5-7(3,11-9)13-14-8(4,6-2)12-10;/h9-10H,5-6H2,1-4H3;. The van der Waals surface area contributed by atoms with Crippen molar-refractivity contribution in [3.8, 4) is 0 Å². The molecule has 0 aromatic rings. The first kappa shape index (κ1) is 17.7. The molecule has 15 heavy (non-hydrogen) atoms. The Morgan fingerprint density at radius 3 is 1.27 bits per heavy atom. The molecule has 2 atom stereocenters. The third-order valence-electron chi connectivity index (χ3n) is 2.06. The molecule has 0 aromatic carbocycles. The van der Waals surface area contributed by atoms with Gasteiger partial charge in [0.05, 0.1) is 0 Å². The Morgan fingerprint density at radius 2 is 1.13 bits per heavy atom. The molecule has 0 aliphatic heterocycles. The Hall–Kier alpha value is 0.266. The first-order chi connectivity index (χ1) is 6.45. The SMILES string of the molecule is CCC(C)(OO)OOC(C)(CC)OO.[Co]. The summed E-state index contributed by atoms with van der Waals surface area (Å²) in [5.41, 5.74) is 0. The molecule has 1 radical (unpaired) electrons. The molecule has 2 unspecified atom stereocenters. The molecule has 2 N–H and O–H groups in total. The van der Waals surface area contributed by atoms with Gasteiger partial charge in [-0.1, -0.05) is 13.8 Å². The van der Waals surface area contributed by atoms with E-state index in [0.29, 0.717) is 12.8 Å². The minimum absolute atomic E-state index is 0. The average Bonchev–Trinajstić information content (AvgIpc) is 2.25. The van der Waals surface area contributed by atoms with E-state index >= 15 is 0 Å². The number of hydrogen-bond donors (Lipinski definition) is 2. The zero-order chi connectivity index (χ0) is 11.2. The molecule has 0 saturated carbocycles. The van der Waals surface area contributed by atoms with Gasteiger partial charge >= 0.3 is 0 Å². The van der Waals surface area contributed by atoms with Crippen molar-refractivity contribution in [2.45, 2.75) is 52.1 Å². The van der Waals surface area contributed by atoms with Crippen molar-refractivity contribution in [2.75, 3.05) is 0 Å². The molecule has 95 valence electrons. The summed E-state index contributed by atoms with van der Waals surface area (Å²) in [6.45, 7) is 6.45. The van der Waals surface area contributed by atoms with Gasteiger partial charge in [0, 0.05) is 29.6 Å². The van der Waals surface area contributed by atoms with Crippen LogP contribution in [0, 0.1) is 0 Å².